The molecule has 0 aliphatic heterocycles. The maximum atomic E-state index is 4.93. The van der Waals surface area contributed by atoms with Gasteiger partial charge in [0.1, 0.15) is 0 Å². The van der Waals surface area contributed by atoms with Crippen molar-refractivity contribution in [3.05, 3.63) is 5.82 Å². The average Bonchev–Trinajstić information content (AvgIpc) is 2.48. The van der Waals surface area contributed by atoms with Gasteiger partial charge in [0.25, 0.3) is 0 Å². The number of hydrogen-bond acceptors (Lipinski definition) is 5. The largest absolute Gasteiger partial charge is 0.334 e. The van der Waals surface area contributed by atoms with Crippen molar-refractivity contribution in [1.29, 1.82) is 0 Å². The quantitative estimate of drug-likeness (QED) is 0.789. The Morgan fingerprint density at radius 2 is 2.38 bits per heavy atom. The summed E-state index contributed by atoms with van der Waals surface area (Å²) in [5.41, 5.74) is 0. The summed E-state index contributed by atoms with van der Waals surface area (Å²) in [6, 6.07) is 0.881. The Bertz CT molecular complexity index is 251. The summed E-state index contributed by atoms with van der Waals surface area (Å²) in [6.45, 7) is 6.05. The highest BCUT2D eigenvalue weighted by atomic mass is 32.2. The Morgan fingerprint density at radius 3 is 2.92 bits per heavy atom. The Morgan fingerprint density at radius 1 is 1.62 bits per heavy atom. The third-order valence-electron chi connectivity index (χ3n) is 1.47. The Labute approximate surface area is 82.5 Å². The molecule has 0 aliphatic rings. The zero-order valence-corrected chi connectivity index (χ0v) is 9.02. The molecule has 1 aromatic heterocycles. The van der Waals surface area contributed by atoms with Crippen molar-refractivity contribution in [3.63, 3.8) is 0 Å². The van der Waals surface area contributed by atoms with E-state index in [-0.39, 0.29) is 0 Å². The molecule has 0 fully saturated rings. The molecule has 0 amide bonds. The predicted molar refractivity (Wildman–Crippen MR) is 55.1 cm³/mol. The van der Waals surface area contributed by atoms with Crippen LogP contribution in [0.3, 0.4) is 0 Å². The SMILES string of the molecule is CCSCC(C)Nc1nc(C)no1. The van der Waals surface area contributed by atoms with Crippen LogP contribution in [-0.2, 0) is 0 Å². The molecule has 0 radical (unpaired) electrons. The van der Waals surface area contributed by atoms with Gasteiger partial charge in [0, 0.05) is 11.8 Å². The van der Waals surface area contributed by atoms with Crippen LogP contribution in [0.4, 0.5) is 6.01 Å². The molecule has 0 bridgehead atoms. The number of rotatable bonds is 5. The highest BCUT2D eigenvalue weighted by Gasteiger charge is 2.06. The molecule has 0 saturated carbocycles. The third-order valence-corrected chi connectivity index (χ3v) is 2.61. The molecule has 0 aromatic carbocycles. The lowest BCUT2D eigenvalue weighted by Gasteiger charge is -2.09. The highest BCUT2D eigenvalue weighted by Crippen LogP contribution is 2.08. The van der Waals surface area contributed by atoms with E-state index in [2.05, 4.69) is 29.3 Å². The molecular weight excluding hydrogens is 186 g/mol. The summed E-state index contributed by atoms with van der Waals surface area (Å²) in [5, 5.41) is 6.83. The minimum absolute atomic E-state index is 0.366. The van der Waals surface area contributed by atoms with E-state index in [0.29, 0.717) is 17.9 Å². The summed E-state index contributed by atoms with van der Waals surface area (Å²) in [5.74, 6) is 2.85. The average molecular weight is 201 g/mol. The smallest absolute Gasteiger partial charge is 0.321 e. The summed E-state index contributed by atoms with van der Waals surface area (Å²) >= 11 is 1.89. The molecular formula is C8H15N3OS. The van der Waals surface area contributed by atoms with Gasteiger partial charge in [-0.15, -0.1) is 0 Å². The second kappa shape index (κ2) is 5.11. The molecule has 1 heterocycles. The van der Waals surface area contributed by atoms with Gasteiger partial charge in [0.15, 0.2) is 5.82 Å². The fourth-order valence-electron chi connectivity index (χ4n) is 0.903. The van der Waals surface area contributed by atoms with Crippen LogP contribution in [0.25, 0.3) is 0 Å². The van der Waals surface area contributed by atoms with Gasteiger partial charge < -0.3 is 9.84 Å². The van der Waals surface area contributed by atoms with E-state index in [4.69, 9.17) is 4.52 Å². The predicted octanol–water partition coefficient (Wildman–Crippen LogP) is 1.93. The van der Waals surface area contributed by atoms with Crippen LogP contribution in [-0.4, -0.2) is 27.7 Å². The molecule has 0 saturated heterocycles. The van der Waals surface area contributed by atoms with Crippen molar-refractivity contribution in [3.8, 4) is 0 Å². The van der Waals surface area contributed by atoms with E-state index in [1.165, 1.54) is 0 Å². The molecule has 13 heavy (non-hydrogen) atoms. The second-order valence-corrected chi connectivity index (χ2v) is 4.17. The van der Waals surface area contributed by atoms with Crippen molar-refractivity contribution < 1.29 is 4.52 Å². The minimum atomic E-state index is 0.366. The van der Waals surface area contributed by atoms with E-state index in [1.54, 1.807) is 6.92 Å². The highest BCUT2D eigenvalue weighted by molar-refractivity contribution is 7.99. The lowest BCUT2D eigenvalue weighted by atomic mass is 10.4. The zero-order chi connectivity index (χ0) is 9.68. The van der Waals surface area contributed by atoms with Gasteiger partial charge in [0.05, 0.1) is 0 Å². The van der Waals surface area contributed by atoms with Crippen molar-refractivity contribution in [1.82, 2.24) is 10.1 Å². The summed E-state index contributed by atoms with van der Waals surface area (Å²) in [4.78, 5) is 4.06. The van der Waals surface area contributed by atoms with E-state index in [1.807, 2.05) is 11.8 Å². The third kappa shape index (κ3) is 3.67. The summed E-state index contributed by atoms with van der Waals surface area (Å²) < 4.78 is 4.93. The van der Waals surface area contributed by atoms with Gasteiger partial charge in [-0.3, -0.25) is 0 Å². The Balaban J connectivity index is 2.31. The number of aromatic nitrogens is 2. The molecule has 0 aliphatic carbocycles. The fraction of sp³-hybridized carbons (Fsp3) is 0.750. The van der Waals surface area contributed by atoms with Gasteiger partial charge in [-0.1, -0.05) is 12.1 Å². The van der Waals surface area contributed by atoms with E-state index in [9.17, 15) is 0 Å². The van der Waals surface area contributed by atoms with Crippen molar-refractivity contribution >= 4 is 17.8 Å². The standard InChI is InChI=1S/C8H15N3OS/c1-4-13-5-6(2)9-8-10-7(3)11-12-8/h6H,4-5H2,1-3H3,(H,9,10,11). The molecule has 1 rings (SSSR count). The van der Waals surface area contributed by atoms with E-state index < -0.39 is 0 Å². The maximum Gasteiger partial charge on any atom is 0.321 e. The fourth-order valence-corrected chi connectivity index (χ4v) is 1.58. The van der Waals surface area contributed by atoms with Crippen LogP contribution >= 0.6 is 11.8 Å². The zero-order valence-electron chi connectivity index (χ0n) is 8.20. The van der Waals surface area contributed by atoms with Crippen molar-refractivity contribution in [2.75, 3.05) is 16.8 Å². The van der Waals surface area contributed by atoms with Crippen LogP contribution in [0, 0.1) is 6.92 Å². The first-order valence-electron chi connectivity index (χ1n) is 4.37. The van der Waals surface area contributed by atoms with Crippen LogP contribution in [0.5, 0.6) is 0 Å². The first-order valence-corrected chi connectivity index (χ1v) is 5.52. The maximum absolute atomic E-state index is 4.93. The van der Waals surface area contributed by atoms with Gasteiger partial charge >= 0.3 is 6.01 Å². The molecule has 1 N–H and O–H groups in total. The van der Waals surface area contributed by atoms with E-state index >= 15 is 0 Å². The molecule has 1 aromatic rings. The van der Waals surface area contributed by atoms with Gasteiger partial charge in [-0.2, -0.15) is 16.7 Å². The molecule has 4 nitrogen and oxygen atoms in total. The molecule has 5 heteroatoms. The summed E-state index contributed by atoms with van der Waals surface area (Å²) in [6.07, 6.45) is 0. The normalized spacial score (nSPS) is 12.8. The van der Waals surface area contributed by atoms with Crippen LogP contribution < -0.4 is 5.32 Å². The topological polar surface area (TPSA) is 51.0 Å². The molecule has 1 unspecified atom stereocenters. The molecule has 74 valence electrons. The monoisotopic (exact) mass is 201 g/mol. The van der Waals surface area contributed by atoms with Crippen LogP contribution in [0.2, 0.25) is 0 Å². The molecule has 1 atom stereocenters. The first-order chi connectivity index (χ1) is 6.22. The van der Waals surface area contributed by atoms with E-state index in [0.717, 1.165) is 11.5 Å². The number of anilines is 1. The van der Waals surface area contributed by atoms with Crippen LogP contribution in [0.15, 0.2) is 4.52 Å². The van der Waals surface area contributed by atoms with Gasteiger partial charge in [0.2, 0.25) is 0 Å². The van der Waals surface area contributed by atoms with Crippen LogP contribution in [0.1, 0.15) is 19.7 Å². The minimum Gasteiger partial charge on any atom is -0.334 e. The van der Waals surface area contributed by atoms with Crippen molar-refractivity contribution in [2.45, 2.75) is 26.8 Å². The number of thioether (sulfide) groups is 1. The number of aryl methyl sites for hydroxylation is 1. The summed E-state index contributed by atoms with van der Waals surface area (Å²) in [7, 11) is 0. The lowest BCUT2D eigenvalue weighted by molar-refractivity contribution is 0.423. The molecule has 0 spiro atoms. The van der Waals surface area contributed by atoms with Gasteiger partial charge in [-0.25, -0.2) is 0 Å². The first kappa shape index (κ1) is 10.4. The van der Waals surface area contributed by atoms with Crippen molar-refractivity contribution in [2.24, 2.45) is 0 Å². The Hall–Kier alpha value is -0.710. The number of hydrogen-bond donors (Lipinski definition) is 1. The number of nitrogens with zero attached hydrogens (tertiary/aromatic N) is 2. The van der Waals surface area contributed by atoms with Gasteiger partial charge in [-0.05, 0) is 19.6 Å². The lowest BCUT2D eigenvalue weighted by Crippen LogP contribution is -2.18. The second-order valence-electron chi connectivity index (χ2n) is 2.85. The number of nitrogens with one attached hydrogen (secondary N) is 1. The Kier molecular flexibility index (Phi) is 4.08.